The van der Waals surface area contributed by atoms with E-state index in [1.165, 1.54) is 12.8 Å². The van der Waals surface area contributed by atoms with Gasteiger partial charge in [-0.3, -0.25) is 0 Å². The van der Waals surface area contributed by atoms with Crippen LogP contribution in [-0.2, 0) is 0 Å². The molecule has 0 rings (SSSR count). The van der Waals surface area contributed by atoms with Crippen molar-refractivity contribution < 1.29 is 0 Å². The van der Waals surface area contributed by atoms with Crippen molar-refractivity contribution in [3.05, 3.63) is 24.3 Å². The maximum Gasteiger partial charge on any atom is 0.0146 e. The summed E-state index contributed by atoms with van der Waals surface area (Å²) in [6, 6.07) is 0. The van der Waals surface area contributed by atoms with Gasteiger partial charge in [0, 0.05) is 12.3 Å². The van der Waals surface area contributed by atoms with Crippen LogP contribution >= 0.6 is 0 Å². The maximum absolute atomic E-state index is 3.13. The van der Waals surface area contributed by atoms with E-state index in [2.05, 4.69) is 119 Å². The molecule has 0 fully saturated rings. The van der Waals surface area contributed by atoms with Crippen LogP contribution in [-0.4, -0.2) is 0 Å². The molecule has 29 heavy (non-hydrogen) atoms. The Morgan fingerprint density at radius 3 is 1.10 bits per heavy atom. The van der Waals surface area contributed by atoms with Crippen LogP contribution in [0.5, 0.6) is 0 Å². The van der Waals surface area contributed by atoms with Crippen LogP contribution in [0.1, 0.15) is 117 Å². The third-order valence-corrected chi connectivity index (χ3v) is 3.16. The maximum atomic E-state index is 3.13. The molecular weight excluding hydrogens is 348 g/mol. The zero-order chi connectivity index (χ0) is 21.8. The zero-order valence-electron chi connectivity index (χ0n) is 20.9. The van der Waals surface area contributed by atoms with E-state index < -0.39 is 0 Å². The summed E-state index contributed by atoms with van der Waals surface area (Å²) in [7, 11) is 0. The van der Waals surface area contributed by atoms with Gasteiger partial charge in [-0.25, -0.2) is 0 Å². The molecule has 0 spiro atoms. The average Bonchev–Trinajstić information content (AvgIpc) is 2.46. The third-order valence-electron chi connectivity index (χ3n) is 3.16. The summed E-state index contributed by atoms with van der Waals surface area (Å²) in [5, 5.41) is 0. The molecule has 0 aromatic heterocycles. The topological polar surface area (TPSA) is 0 Å². The fourth-order valence-corrected chi connectivity index (χ4v) is 1.71. The Kier molecular flexibility index (Phi) is 36.0. The van der Waals surface area contributed by atoms with Gasteiger partial charge in [-0.05, 0) is 42.4 Å². The van der Waals surface area contributed by atoms with E-state index in [-0.39, 0.29) is 14.9 Å². The lowest BCUT2D eigenvalue weighted by Crippen LogP contribution is -1.83. The summed E-state index contributed by atoms with van der Waals surface area (Å²) in [6.07, 6.45) is 12.6. The van der Waals surface area contributed by atoms with Crippen molar-refractivity contribution in [2.75, 3.05) is 0 Å². The molecule has 0 aromatic carbocycles. The quantitative estimate of drug-likeness (QED) is 0.290. The summed E-state index contributed by atoms with van der Waals surface area (Å²) >= 11 is 0. The van der Waals surface area contributed by atoms with Crippen molar-refractivity contribution >= 4 is 0 Å². The van der Waals surface area contributed by atoms with Gasteiger partial charge in [0.05, 0.1) is 0 Å². The number of allylic oxidation sites excluding steroid dienone is 4. The Labute approximate surface area is 189 Å². The lowest BCUT2D eigenvalue weighted by molar-refractivity contribution is 0.658. The summed E-state index contributed by atoms with van der Waals surface area (Å²) in [5.41, 5.74) is 0. The minimum Gasteiger partial charge on any atom is -0.103 e. The first-order valence-electron chi connectivity index (χ1n) is 11.2. The van der Waals surface area contributed by atoms with Crippen molar-refractivity contribution in [3.8, 4) is 11.8 Å². The van der Waals surface area contributed by atoms with Crippen molar-refractivity contribution in [1.82, 2.24) is 0 Å². The smallest absolute Gasteiger partial charge is 0.0146 e. The largest absolute Gasteiger partial charge is 0.103 e. The molecule has 0 aliphatic rings. The number of hydrogen-bond acceptors (Lipinski definition) is 0. The average molecular weight is 409 g/mol. The Morgan fingerprint density at radius 1 is 0.552 bits per heavy atom. The Bertz CT molecular complexity index is 367. The molecule has 0 heteroatoms. The van der Waals surface area contributed by atoms with Gasteiger partial charge in [0.1, 0.15) is 0 Å². The minimum absolute atomic E-state index is 0. The van der Waals surface area contributed by atoms with Crippen LogP contribution in [0.15, 0.2) is 24.3 Å². The van der Waals surface area contributed by atoms with Gasteiger partial charge in [-0.15, -0.1) is 11.8 Å². The van der Waals surface area contributed by atoms with E-state index in [1.807, 2.05) is 0 Å². The van der Waals surface area contributed by atoms with Crippen molar-refractivity contribution in [3.63, 3.8) is 0 Å². The van der Waals surface area contributed by atoms with Gasteiger partial charge in [0.2, 0.25) is 0 Å². The van der Waals surface area contributed by atoms with Gasteiger partial charge < -0.3 is 0 Å². The van der Waals surface area contributed by atoms with Gasteiger partial charge >= 0.3 is 0 Å². The first kappa shape index (κ1) is 38.6. The predicted molar refractivity (Wildman–Crippen MR) is 142 cm³/mol. The van der Waals surface area contributed by atoms with Crippen molar-refractivity contribution in [2.24, 2.45) is 35.5 Å². The molecule has 0 nitrogen and oxygen atoms in total. The highest BCUT2D eigenvalue weighted by Gasteiger charge is 1.89. The normalized spacial score (nSPS) is 10.6. The van der Waals surface area contributed by atoms with Crippen LogP contribution in [0, 0.1) is 47.3 Å². The van der Waals surface area contributed by atoms with Crippen molar-refractivity contribution in [1.29, 1.82) is 0 Å². The molecule has 0 amide bonds. The van der Waals surface area contributed by atoms with Crippen LogP contribution in [0.25, 0.3) is 0 Å². The standard InChI is InChI=1S/2C9H18.C9H16.2CH4/c3*1-8(2)6-5-7-9(3)4;;/h2*5-6,8-9H,7H2,1-4H3;8-9H,6H2,1-4H3;2*1H4/b6-5+;6-5-;;;. The van der Waals surface area contributed by atoms with E-state index in [1.54, 1.807) is 0 Å². The highest BCUT2D eigenvalue weighted by atomic mass is 13.9. The molecule has 0 atom stereocenters. The molecule has 0 bridgehead atoms. The molecule has 0 N–H and O–H groups in total. The molecular formula is C29H60. The Balaban J connectivity index is -0.0000000960. The SMILES string of the molecule is C.C.CC(C)/C=C/CC(C)C.CC(C)/C=C\CC(C)C.CC(C)C#CCC(C)C. The molecule has 0 aliphatic carbocycles. The molecule has 0 radical (unpaired) electrons. The second-order valence-electron chi connectivity index (χ2n) is 9.68. The fraction of sp³-hybridized carbons (Fsp3) is 0.793. The first-order valence-corrected chi connectivity index (χ1v) is 11.2. The molecule has 0 saturated heterocycles. The van der Waals surface area contributed by atoms with Gasteiger partial charge in [0.25, 0.3) is 0 Å². The van der Waals surface area contributed by atoms with E-state index in [4.69, 9.17) is 0 Å². The zero-order valence-corrected chi connectivity index (χ0v) is 20.9. The summed E-state index contributed by atoms with van der Waals surface area (Å²) in [5.74, 6) is 10.5. The molecule has 0 aliphatic heterocycles. The molecule has 176 valence electrons. The minimum atomic E-state index is 0. The summed E-state index contributed by atoms with van der Waals surface area (Å²) < 4.78 is 0. The second-order valence-corrected chi connectivity index (χ2v) is 9.68. The molecule has 0 aromatic rings. The van der Waals surface area contributed by atoms with E-state index in [9.17, 15) is 0 Å². The van der Waals surface area contributed by atoms with E-state index in [0.717, 1.165) is 24.2 Å². The van der Waals surface area contributed by atoms with Gasteiger partial charge in [-0.2, -0.15) is 0 Å². The molecule has 0 heterocycles. The van der Waals surface area contributed by atoms with Gasteiger partial charge in [-0.1, -0.05) is 122 Å². The third kappa shape index (κ3) is 58.4. The Hall–Kier alpha value is -0.960. The Morgan fingerprint density at radius 2 is 0.897 bits per heavy atom. The number of hydrogen-bond donors (Lipinski definition) is 0. The summed E-state index contributed by atoms with van der Waals surface area (Å²) in [4.78, 5) is 0. The lowest BCUT2D eigenvalue weighted by Gasteiger charge is -1.97. The predicted octanol–water partition coefficient (Wildman–Crippen LogP) is 10.5. The summed E-state index contributed by atoms with van der Waals surface area (Å²) in [6.45, 7) is 26.4. The monoisotopic (exact) mass is 408 g/mol. The molecule has 0 saturated carbocycles. The highest BCUT2D eigenvalue weighted by molar-refractivity contribution is 5.01. The van der Waals surface area contributed by atoms with E-state index >= 15 is 0 Å². The van der Waals surface area contributed by atoms with Crippen LogP contribution in [0.3, 0.4) is 0 Å². The second kappa shape index (κ2) is 27.0. The van der Waals surface area contributed by atoms with Crippen molar-refractivity contribution in [2.45, 2.75) is 117 Å². The first-order chi connectivity index (χ1) is 12.4. The van der Waals surface area contributed by atoms with Crippen LogP contribution in [0.2, 0.25) is 0 Å². The van der Waals surface area contributed by atoms with Crippen LogP contribution in [0.4, 0.5) is 0 Å². The lowest BCUT2D eigenvalue weighted by atomic mass is 10.1. The highest BCUT2D eigenvalue weighted by Crippen LogP contribution is 2.03. The van der Waals surface area contributed by atoms with E-state index in [0.29, 0.717) is 17.8 Å². The molecule has 0 unspecified atom stereocenters. The van der Waals surface area contributed by atoms with Gasteiger partial charge in [0.15, 0.2) is 0 Å². The number of rotatable bonds is 7. The van der Waals surface area contributed by atoms with Crippen LogP contribution < -0.4 is 0 Å². The fourth-order valence-electron chi connectivity index (χ4n) is 1.71.